The standard InChI is InChI=1S/C25H32N4O3/c30-25(31)14-19-10-12-29(13-11-19)18-23-15-24(28-32-23)22-8-6-21(7-9-22)17-27-26-16-20-4-2-1-3-5-20/h1-9,17,19,23-24,26,28H,10-16,18H2,(H,30,31). The molecule has 2 unspecified atom stereocenters. The van der Waals surface area contributed by atoms with Gasteiger partial charge in [-0.2, -0.15) is 10.6 Å². The minimum absolute atomic E-state index is 0.152. The van der Waals surface area contributed by atoms with Crippen LogP contribution in [0.2, 0.25) is 0 Å². The van der Waals surface area contributed by atoms with E-state index in [-0.39, 0.29) is 12.1 Å². The van der Waals surface area contributed by atoms with Gasteiger partial charge in [-0.25, -0.2) is 0 Å². The summed E-state index contributed by atoms with van der Waals surface area (Å²) in [5.41, 5.74) is 9.73. The third kappa shape index (κ3) is 6.63. The van der Waals surface area contributed by atoms with E-state index < -0.39 is 5.97 Å². The van der Waals surface area contributed by atoms with Gasteiger partial charge < -0.3 is 15.4 Å². The fourth-order valence-electron chi connectivity index (χ4n) is 4.43. The maximum Gasteiger partial charge on any atom is 0.303 e. The molecule has 2 aromatic rings. The summed E-state index contributed by atoms with van der Waals surface area (Å²) in [4.78, 5) is 19.1. The molecular formula is C25H32N4O3. The topological polar surface area (TPSA) is 86.2 Å². The van der Waals surface area contributed by atoms with Crippen LogP contribution in [0.4, 0.5) is 0 Å². The van der Waals surface area contributed by atoms with Crippen molar-refractivity contribution in [2.45, 2.75) is 44.4 Å². The van der Waals surface area contributed by atoms with Crippen LogP contribution in [0.15, 0.2) is 59.7 Å². The monoisotopic (exact) mass is 436 g/mol. The van der Waals surface area contributed by atoms with E-state index in [2.05, 4.69) is 57.3 Å². The Labute approximate surface area is 189 Å². The number of carboxylic acid groups (broad SMARTS) is 1. The Morgan fingerprint density at radius 1 is 1.16 bits per heavy atom. The Morgan fingerprint density at radius 2 is 1.91 bits per heavy atom. The fraction of sp³-hybridized carbons (Fsp3) is 0.440. The van der Waals surface area contributed by atoms with E-state index in [1.807, 2.05) is 24.4 Å². The van der Waals surface area contributed by atoms with Gasteiger partial charge in [0.2, 0.25) is 0 Å². The van der Waals surface area contributed by atoms with E-state index in [0.29, 0.717) is 18.9 Å². The Balaban J connectivity index is 1.19. The molecule has 3 N–H and O–H groups in total. The van der Waals surface area contributed by atoms with Gasteiger partial charge in [-0.15, -0.1) is 0 Å². The zero-order valence-corrected chi connectivity index (χ0v) is 18.3. The van der Waals surface area contributed by atoms with E-state index in [9.17, 15) is 4.79 Å². The van der Waals surface area contributed by atoms with Crippen molar-refractivity contribution in [1.29, 1.82) is 0 Å². The summed E-state index contributed by atoms with van der Waals surface area (Å²) >= 11 is 0. The van der Waals surface area contributed by atoms with Crippen molar-refractivity contribution in [3.63, 3.8) is 0 Å². The number of nitrogens with one attached hydrogen (secondary N) is 2. The van der Waals surface area contributed by atoms with Crippen LogP contribution in [0.25, 0.3) is 0 Å². The molecule has 0 saturated carbocycles. The van der Waals surface area contributed by atoms with Gasteiger partial charge >= 0.3 is 5.97 Å². The van der Waals surface area contributed by atoms with Crippen LogP contribution in [0.1, 0.15) is 48.4 Å². The number of piperidine rings is 1. The van der Waals surface area contributed by atoms with Crippen LogP contribution in [0, 0.1) is 5.92 Å². The molecule has 0 amide bonds. The normalized spacial score (nSPS) is 22.4. The first-order chi connectivity index (χ1) is 15.7. The quantitative estimate of drug-likeness (QED) is 0.413. The van der Waals surface area contributed by atoms with Crippen molar-refractivity contribution in [2.75, 3.05) is 19.6 Å². The van der Waals surface area contributed by atoms with Crippen molar-refractivity contribution in [2.24, 2.45) is 11.0 Å². The predicted molar refractivity (Wildman–Crippen MR) is 124 cm³/mol. The number of hydrogen-bond acceptors (Lipinski definition) is 6. The summed E-state index contributed by atoms with van der Waals surface area (Å²) in [5.74, 6) is -0.370. The summed E-state index contributed by atoms with van der Waals surface area (Å²) in [6.07, 6.45) is 5.13. The fourth-order valence-corrected chi connectivity index (χ4v) is 4.43. The van der Waals surface area contributed by atoms with Crippen molar-refractivity contribution in [3.05, 3.63) is 71.3 Å². The van der Waals surface area contributed by atoms with Crippen LogP contribution in [-0.4, -0.2) is 47.9 Å². The average molecular weight is 437 g/mol. The number of likely N-dealkylation sites (tertiary alicyclic amines) is 1. The first kappa shape index (κ1) is 22.5. The first-order valence-electron chi connectivity index (χ1n) is 11.4. The number of benzene rings is 2. The predicted octanol–water partition coefficient (Wildman–Crippen LogP) is 3.33. The highest BCUT2D eigenvalue weighted by molar-refractivity contribution is 5.79. The first-order valence-corrected chi connectivity index (χ1v) is 11.4. The second kappa shape index (κ2) is 11.2. The number of rotatable bonds is 9. The molecule has 170 valence electrons. The van der Waals surface area contributed by atoms with Crippen LogP contribution in [-0.2, 0) is 16.2 Å². The smallest absolute Gasteiger partial charge is 0.303 e. The van der Waals surface area contributed by atoms with E-state index >= 15 is 0 Å². The summed E-state index contributed by atoms with van der Waals surface area (Å²) in [6, 6.07) is 18.8. The Bertz CT molecular complexity index is 880. The number of hydrazone groups is 1. The molecule has 32 heavy (non-hydrogen) atoms. The molecule has 4 rings (SSSR count). The van der Waals surface area contributed by atoms with Crippen LogP contribution in [0.5, 0.6) is 0 Å². The maximum atomic E-state index is 10.9. The Kier molecular flexibility index (Phi) is 7.87. The highest BCUT2D eigenvalue weighted by Crippen LogP contribution is 2.27. The van der Waals surface area contributed by atoms with Crippen molar-refractivity contribution in [1.82, 2.24) is 15.8 Å². The van der Waals surface area contributed by atoms with Gasteiger partial charge in [0.1, 0.15) is 0 Å². The lowest BCUT2D eigenvalue weighted by molar-refractivity contribution is -0.138. The molecule has 0 spiro atoms. The third-order valence-electron chi connectivity index (χ3n) is 6.28. The molecule has 2 aliphatic heterocycles. The van der Waals surface area contributed by atoms with E-state index in [1.54, 1.807) is 0 Å². The largest absolute Gasteiger partial charge is 0.481 e. The van der Waals surface area contributed by atoms with Crippen molar-refractivity contribution in [3.8, 4) is 0 Å². The summed E-state index contributed by atoms with van der Waals surface area (Å²) < 4.78 is 0. The molecule has 0 aliphatic carbocycles. The number of carboxylic acids is 1. The molecule has 2 aliphatic rings. The molecule has 2 heterocycles. The minimum atomic E-state index is -0.685. The lowest BCUT2D eigenvalue weighted by Gasteiger charge is -2.32. The van der Waals surface area contributed by atoms with E-state index in [1.165, 1.54) is 11.1 Å². The lowest BCUT2D eigenvalue weighted by Crippen LogP contribution is -2.39. The van der Waals surface area contributed by atoms with Crippen molar-refractivity contribution < 1.29 is 14.7 Å². The van der Waals surface area contributed by atoms with E-state index in [0.717, 1.165) is 44.5 Å². The Hall–Kier alpha value is -2.74. The molecule has 7 nitrogen and oxygen atoms in total. The minimum Gasteiger partial charge on any atom is -0.481 e. The van der Waals surface area contributed by atoms with Gasteiger partial charge in [0, 0.05) is 13.0 Å². The van der Waals surface area contributed by atoms with Gasteiger partial charge in [0.25, 0.3) is 0 Å². The molecule has 2 atom stereocenters. The summed E-state index contributed by atoms with van der Waals surface area (Å²) in [6.45, 7) is 3.50. The number of hydrogen-bond donors (Lipinski definition) is 3. The second-order valence-electron chi connectivity index (χ2n) is 8.73. The Morgan fingerprint density at radius 3 is 2.62 bits per heavy atom. The number of carbonyl (C=O) groups is 1. The van der Waals surface area contributed by atoms with Crippen molar-refractivity contribution >= 4 is 12.2 Å². The molecule has 0 radical (unpaired) electrons. The number of nitrogens with zero attached hydrogens (tertiary/aromatic N) is 2. The third-order valence-corrected chi connectivity index (χ3v) is 6.28. The molecule has 7 heteroatoms. The lowest BCUT2D eigenvalue weighted by atomic mass is 9.93. The number of aliphatic carboxylic acids is 1. The van der Waals surface area contributed by atoms with Gasteiger partial charge in [-0.3, -0.25) is 9.63 Å². The van der Waals surface area contributed by atoms with Crippen LogP contribution >= 0.6 is 0 Å². The SMILES string of the molecule is O=C(O)CC1CCN(CC2CC(c3ccc(C=NNCc4ccccc4)cc3)NO2)CC1. The molecule has 2 aromatic carbocycles. The average Bonchev–Trinajstić information content (AvgIpc) is 3.27. The molecule has 2 saturated heterocycles. The zero-order chi connectivity index (χ0) is 22.2. The van der Waals surface area contributed by atoms with Crippen LogP contribution < -0.4 is 10.9 Å². The molecule has 0 bridgehead atoms. The summed E-state index contributed by atoms with van der Waals surface area (Å²) in [7, 11) is 0. The highest BCUT2D eigenvalue weighted by Gasteiger charge is 2.30. The highest BCUT2D eigenvalue weighted by atomic mass is 16.7. The van der Waals surface area contributed by atoms with E-state index in [4.69, 9.17) is 9.94 Å². The maximum absolute atomic E-state index is 10.9. The second-order valence-corrected chi connectivity index (χ2v) is 8.73. The molecular weight excluding hydrogens is 404 g/mol. The zero-order valence-electron chi connectivity index (χ0n) is 18.3. The molecule has 0 aromatic heterocycles. The number of hydroxylamine groups is 1. The van der Waals surface area contributed by atoms with Crippen LogP contribution in [0.3, 0.4) is 0 Å². The van der Waals surface area contributed by atoms with Gasteiger partial charge in [0.05, 0.1) is 24.9 Å². The summed E-state index contributed by atoms with van der Waals surface area (Å²) in [5, 5.41) is 13.3. The van der Waals surface area contributed by atoms with Gasteiger partial charge in [-0.1, -0.05) is 54.6 Å². The van der Waals surface area contributed by atoms with Gasteiger partial charge in [-0.05, 0) is 55.0 Å². The molecule has 2 fully saturated rings. The van der Waals surface area contributed by atoms with Gasteiger partial charge in [0.15, 0.2) is 0 Å².